The molecular formula is C15H17NO2S2. The third-order valence-electron chi connectivity index (χ3n) is 2.76. The van der Waals surface area contributed by atoms with Crippen molar-refractivity contribution in [1.82, 2.24) is 5.32 Å². The maximum absolute atomic E-state index is 12.2. The van der Waals surface area contributed by atoms with Gasteiger partial charge in [-0.2, -0.15) is 0 Å². The lowest BCUT2D eigenvalue weighted by molar-refractivity contribution is 0.0915. The van der Waals surface area contributed by atoms with Crippen molar-refractivity contribution >= 4 is 29.0 Å². The van der Waals surface area contributed by atoms with Crippen molar-refractivity contribution in [2.45, 2.75) is 17.9 Å². The molecular weight excluding hydrogens is 290 g/mol. The molecule has 0 aliphatic heterocycles. The highest BCUT2D eigenvalue weighted by atomic mass is 32.2. The van der Waals surface area contributed by atoms with Crippen LogP contribution in [-0.2, 0) is 0 Å². The van der Waals surface area contributed by atoms with Crippen molar-refractivity contribution in [3.63, 3.8) is 0 Å². The van der Waals surface area contributed by atoms with Crippen molar-refractivity contribution in [1.29, 1.82) is 0 Å². The Morgan fingerprint density at radius 1 is 1.35 bits per heavy atom. The molecule has 1 atom stereocenters. The molecule has 0 saturated heterocycles. The first kappa shape index (κ1) is 15.1. The van der Waals surface area contributed by atoms with Crippen molar-refractivity contribution in [3.05, 3.63) is 52.2 Å². The molecule has 1 aromatic carbocycles. The molecule has 1 aromatic heterocycles. The van der Waals surface area contributed by atoms with Gasteiger partial charge in [-0.25, -0.2) is 0 Å². The summed E-state index contributed by atoms with van der Waals surface area (Å²) in [7, 11) is 0. The zero-order valence-corrected chi connectivity index (χ0v) is 12.8. The number of carbonyl (C=O) groups is 1. The fraction of sp³-hybridized carbons (Fsp3) is 0.267. The van der Waals surface area contributed by atoms with Crippen LogP contribution in [0, 0.1) is 0 Å². The van der Waals surface area contributed by atoms with Gasteiger partial charge in [0.1, 0.15) is 6.10 Å². The largest absolute Gasteiger partial charge is 0.386 e. The second-order valence-electron chi connectivity index (χ2n) is 4.17. The Balaban J connectivity index is 1.98. The lowest BCUT2D eigenvalue weighted by Crippen LogP contribution is -2.28. The number of hydrogen-bond donors (Lipinski definition) is 2. The third kappa shape index (κ3) is 3.85. The van der Waals surface area contributed by atoms with E-state index in [1.807, 2.05) is 41.8 Å². The van der Waals surface area contributed by atoms with Gasteiger partial charge >= 0.3 is 0 Å². The van der Waals surface area contributed by atoms with Crippen molar-refractivity contribution in [2.24, 2.45) is 0 Å². The zero-order chi connectivity index (χ0) is 14.4. The van der Waals surface area contributed by atoms with Gasteiger partial charge in [-0.1, -0.05) is 25.1 Å². The van der Waals surface area contributed by atoms with Gasteiger partial charge in [0.15, 0.2) is 0 Å². The summed E-state index contributed by atoms with van der Waals surface area (Å²) < 4.78 is 0. The van der Waals surface area contributed by atoms with Crippen LogP contribution in [0.15, 0.2) is 46.7 Å². The van der Waals surface area contributed by atoms with E-state index in [1.165, 1.54) is 11.3 Å². The Labute approximate surface area is 127 Å². The lowest BCUT2D eigenvalue weighted by atomic mass is 10.2. The summed E-state index contributed by atoms with van der Waals surface area (Å²) in [6.45, 7) is 2.28. The predicted molar refractivity (Wildman–Crippen MR) is 84.5 cm³/mol. The molecule has 2 aromatic rings. The van der Waals surface area contributed by atoms with E-state index in [2.05, 4.69) is 12.2 Å². The Hall–Kier alpha value is -1.30. The number of amides is 1. The minimum Gasteiger partial charge on any atom is -0.386 e. The SMILES string of the molecule is CCSc1ccccc1C(=O)NCC(O)c1cccs1. The first-order chi connectivity index (χ1) is 9.72. The number of aliphatic hydroxyl groups excluding tert-OH is 1. The molecule has 0 radical (unpaired) electrons. The summed E-state index contributed by atoms with van der Waals surface area (Å²) in [5.41, 5.74) is 0.665. The van der Waals surface area contributed by atoms with Crippen LogP contribution in [0.3, 0.4) is 0 Å². The van der Waals surface area contributed by atoms with Crippen LogP contribution in [0.1, 0.15) is 28.3 Å². The first-order valence-corrected chi connectivity index (χ1v) is 8.30. The van der Waals surface area contributed by atoms with E-state index in [4.69, 9.17) is 0 Å². The number of rotatable bonds is 6. The summed E-state index contributed by atoms with van der Waals surface area (Å²) in [5.74, 6) is 0.777. The molecule has 0 saturated carbocycles. The van der Waals surface area contributed by atoms with Crippen LogP contribution in [0.25, 0.3) is 0 Å². The summed E-state index contributed by atoms with van der Waals surface area (Å²) in [6, 6.07) is 11.3. The van der Waals surface area contributed by atoms with E-state index < -0.39 is 6.10 Å². The minimum atomic E-state index is -0.648. The van der Waals surface area contributed by atoms with Crippen LogP contribution in [-0.4, -0.2) is 23.3 Å². The topological polar surface area (TPSA) is 49.3 Å². The second-order valence-corrected chi connectivity index (χ2v) is 6.46. The maximum atomic E-state index is 12.2. The van der Waals surface area contributed by atoms with Crippen LogP contribution in [0.2, 0.25) is 0 Å². The number of carbonyl (C=O) groups excluding carboxylic acids is 1. The van der Waals surface area contributed by atoms with E-state index in [-0.39, 0.29) is 12.5 Å². The number of thiophene rings is 1. The maximum Gasteiger partial charge on any atom is 0.252 e. The summed E-state index contributed by atoms with van der Waals surface area (Å²) in [5, 5.41) is 14.7. The van der Waals surface area contributed by atoms with Crippen molar-refractivity contribution in [2.75, 3.05) is 12.3 Å². The molecule has 1 amide bonds. The van der Waals surface area contributed by atoms with Crippen LogP contribution < -0.4 is 5.32 Å². The summed E-state index contributed by atoms with van der Waals surface area (Å²) in [4.78, 5) is 14.0. The van der Waals surface area contributed by atoms with E-state index in [0.717, 1.165) is 15.5 Å². The van der Waals surface area contributed by atoms with Gasteiger partial charge in [-0.15, -0.1) is 23.1 Å². The molecule has 0 aliphatic carbocycles. The number of benzene rings is 1. The van der Waals surface area contributed by atoms with Gasteiger partial charge in [0.05, 0.1) is 5.56 Å². The highest BCUT2D eigenvalue weighted by molar-refractivity contribution is 7.99. The average molecular weight is 307 g/mol. The lowest BCUT2D eigenvalue weighted by Gasteiger charge is -2.12. The minimum absolute atomic E-state index is 0.142. The van der Waals surface area contributed by atoms with Crippen molar-refractivity contribution < 1.29 is 9.90 Å². The fourth-order valence-corrected chi connectivity index (χ4v) is 3.32. The molecule has 2 N–H and O–H groups in total. The van der Waals surface area contributed by atoms with Crippen LogP contribution in [0.5, 0.6) is 0 Å². The number of aliphatic hydroxyl groups is 1. The van der Waals surface area contributed by atoms with Gasteiger partial charge in [-0.3, -0.25) is 4.79 Å². The van der Waals surface area contributed by atoms with E-state index in [9.17, 15) is 9.90 Å². The number of thioether (sulfide) groups is 1. The first-order valence-electron chi connectivity index (χ1n) is 6.44. The van der Waals surface area contributed by atoms with Gasteiger partial charge in [0, 0.05) is 16.3 Å². The summed E-state index contributed by atoms with van der Waals surface area (Å²) in [6.07, 6.45) is -0.648. The highest BCUT2D eigenvalue weighted by Gasteiger charge is 2.14. The number of hydrogen-bond acceptors (Lipinski definition) is 4. The molecule has 1 unspecified atom stereocenters. The molecule has 106 valence electrons. The van der Waals surface area contributed by atoms with E-state index in [1.54, 1.807) is 11.8 Å². The molecule has 0 aliphatic rings. The Kier molecular flexibility index (Phi) is 5.64. The summed E-state index contributed by atoms with van der Waals surface area (Å²) >= 11 is 3.13. The van der Waals surface area contributed by atoms with Crippen LogP contribution >= 0.6 is 23.1 Å². The molecule has 2 rings (SSSR count). The van der Waals surface area contributed by atoms with Crippen molar-refractivity contribution in [3.8, 4) is 0 Å². The quantitative estimate of drug-likeness (QED) is 0.805. The molecule has 0 bridgehead atoms. The van der Waals surface area contributed by atoms with Gasteiger partial charge in [0.2, 0.25) is 0 Å². The number of nitrogens with one attached hydrogen (secondary N) is 1. The highest BCUT2D eigenvalue weighted by Crippen LogP contribution is 2.22. The normalized spacial score (nSPS) is 12.1. The van der Waals surface area contributed by atoms with E-state index >= 15 is 0 Å². The Morgan fingerprint density at radius 2 is 2.15 bits per heavy atom. The standard InChI is InChI=1S/C15H17NO2S2/c1-2-19-13-7-4-3-6-11(13)15(18)16-10-12(17)14-8-5-9-20-14/h3-9,12,17H,2,10H2,1H3,(H,16,18). The second kappa shape index (κ2) is 7.47. The molecule has 1 heterocycles. The average Bonchev–Trinajstić information content (AvgIpc) is 2.99. The Morgan fingerprint density at radius 3 is 2.85 bits per heavy atom. The van der Waals surface area contributed by atoms with Gasteiger partial charge < -0.3 is 10.4 Å². The molecule has 20 heavy (non-hydrogen) atoms. The fourth-order valence-electron chi connectivity index (χ4n) is 1.80. The smallest absolute Gasteiger partial charge is 0.252 e. The Bertz CT molecular complexity index is 555. The van der Waals surface area contributed by atoms with Gasteiger partial charge in [-0.05, 0) is 29.3 Å². The van der Waals surface area contributed by atoms with Crippen LogP contribution in [0.4, 0.5) is 0 Å². The molecule has 0 spiro atoms. The molecule has 0 fully saturated rings. The van der Waals surface area contributed by atoms with Gasteiger partial charge in [0.25, 0.3) is 5.91 Å². The third-order valence-corrected chi connectivity index (χ3v) is 4.69. The van der Waals surface area contributed by atoms with E-state index in [0.29, 0.717) is 5.56 Å². The molecule has 5 heteroatoms. The monoisotopic (exact) mass is 307 g/mol. The zero-order valence-electron chi connectivity index (χ0n) is 11.2. The molecule has 3 nitrogen and oxygen atoms in total. The predicted octanol–water partition coefficient (Wildman–Crippen LogP) is 3.32.